The zero-order chi connectivity index (χ0) is 10.3. The van der Waals surface area contributed by atoms with Gasteiger partial charge in [0.25, 0.3) is 0 Å². The Balaban J connectivity index is 4.08. The molecule has 0 aromatic heterocycles. The third-order valence-electron chi connectivity index (χ3n) is 1.79. The first-order valence-electron chi connectivity index (χ1n) is 4.52. The molecule has 0 aliphatic carbocycles. The predicted molar refractivity (Wildman–Crippen MR) is 49.5 cm³/mol. The van der Waals surface area contributed by atoms with Crippen molar-refractivity contribution in [3.63, 3.8) is 0 Å². The molecule has 0 saturated heterocycles. The first-order chi connectivity index (χ1) is 6.15. The van der Waals surface area contributed by atoms with Crippen molar-refractivity contribution in [3.05, 3.63) is 0 Å². The molecule has 0 bridgehead atoms. The van der Waals surface area contributed by atoms with Gasteiger partial charge in [-0.1, -0.05) is 20.3 Å². The zero-order valence-corrected chi connectivity index (χ0v) is 8.42. The lowest BCUT2D eigenvalue weighted by Crippen LogP contribution is -2.40. The van der Waals surface area contributed by atoms with E-state index in [-0.39, 0.29) is 11.8 Å². The van der Waals surface area contributed by atoms with E-state index in [0.717, 1.165) is 6.42 Å². The average molecular weight is 187 g/mol. The zero-order valence-electron chi connectivity index (χ0n) is 8.42. The van der Waals surface area contributed by atoms with Crippen LogP contribution in [0.1, 0.15) is 33.1 Å². The molecule has 0 aliphatic rings. The molecule has 0 unspecified atom stereocenters. The normalized spacial score (nSPS) is 11.9. The molecule has 76 valence electrons. The number of hydrogen-bond acceptors (Lipinski definition) is 3. The van der Waals surface area contributed by atoms with E-state index in [0.29, 0.717) is 12.8 Å². The van der Waals surface area contributed by atoms with Crippen LogP contribution in [0, 0.1) is 0 Å². The van der Waals surface area contributed by atoms with Crippen molar-refractivity contribution in [2.75, 3.05) is 7.11 Å². The lowest BCUT2D eigenvalue weighted by molar-refractivity contribution is -0.120. The van der Waals surface area contributed by atoms with E-state index in [1.165, 1.54) is 7.11 Å². The molecule has 13 heavy (non-hydrogen) atoms. The van der Waals surface area contributed by atoms with E-state index in [9.17, 15) is 9.59 Å². The van der Waals surface area contributed by atoms with Gasteiger partial charge >= 0.3 is 6.09 Å². The summed E-state index contributed by atoms with van der Waals surface area (Å²) >= 11 is 0. The van der Waals surface area contributed by atoms with Crippen molar-refractivity contribution in [3.8, 4) is 0 Å². The Morgan fingerprint density at radius 2 is 2.00 bits per heavy atom. The molecule has 4 nitrogen and oxygen atoms in total. The van der Waals surface area contributed by atoms with Gasteiger partial charge in [0.15, 0.2) is 5.78 Å². The molecule has 0 saturated carbocycles. The number of ether oxygens (including phenoxy) is 1. The molecule has 0 aliphatic heterocycles. The smallest absolute Gasteiger partial charge is 0.407 e. The molecule has 0 rings (SSSR count). The number of rotatable bonds is 5. The number of methoxy groups -OCH3 is 1. The summed E-state index contributed by atoms with van der Waals surface area (Å²) in [6.45, 7) is 3.75. The highest BCUT2D eigenvalue weighted by molar-refractivity contribution is 5.87. The fraction of sp³-hybridized carbons (Fsp3) is 0.778. The van der Waals surface area contributed by atoms with Crippen molar-refractivity contribution in [1.29, 1.82) is 0 Å². The first kappa shape index (κ1) is 11.9. The Morgan fingerprint density at radius 1 is 1.38 bits per heavy atom. The second kappa shape index (κ2) is 6.46. The van der Waals surface area contributed by atoms with Gasteiger partial charge in [0.05, 0.1) is 13.2 Å². The molecule has 4 heteroatoms. The Labute approximate surface area is 78.6 Å². The van der Waals surface area contributed by atoms with Gasteiger partial charge in [-0.15, -0.1) is 0 Å². The van der Waals surface area contributed by atoms with Crippen molar-refractivity contribution in [2.24, 2.45) is 0 Å². The van der Waals surface area contributed by atoms with Gasteiger partial charge in [0.1, 0.15) is 0 Å². The monoisotopic (exact) mass is 187 g/mol. The summed E-state index contributed by atoms with van der Waals surface area (Å²) in [7, 11) is 1.29. The second-order valence-electron chi connectivity index (χ2n) is 2.80. The van der Waals surface area contributed by atoms with Gasteiger partial charge < -0.3 is 10.1 Å². The number of carbonyl (C=O) groups excluding carboxylic acids is 2. The SMILES string of the molecule is CCC[C@H](NC(=O)OC)C(=O)CC. The molecule has 0 spiro atoms. The van der Waals surface area contributed by atoms with Gasteiger partial charge in [-0.2, -0.15) is 0 Å². The largest absolute Gasteiger partial charge is 0.453 e. The van der Waals surface area contributed by atoms with Crippen LogP contribution >= 0.6 is 0 Å². The Bertz CT molecular complexity index is 180. The number of hydrogen-bond donors (Lipinski definition) is 1. The molecule has 0 aromatic carbocycles. The first-order valence-corrected chi connectivity index (χ1v) is 4.52. The van der Waals surface area contributed by atoms with Crippen LogP contribution in [0.25, 0.3) is 0 Å². The van der Waals surface area contributed by atoms with E-state index >= 15 is 0 Å². The molecule has 0 fully saturated rings. The van der Waals surface area contributed by atoms with Gasteiger partial charge in [0.2, 0.25) is 0 Å². The van der Waals surface area contributed by atoms with Gasteiger partial charge in [0, 0.05) is 6.42 Å². The molecule has 0 radical (unpaired) electrons. The Kier molecular flexibility index (Phi) is 5.93. The van der Waals surface area contributed by atoms with Crippen LogP contribution in [0.4, 0.5) is 4.79 Å². The maximum absolute atomic E-state index is 11.3. The fourth-order valence-electron chi connectivity index (χ4n) is 1.05. The Morgan fingerprint density at radius 3 is 2.38 bits per heavy atom. The molecule has 1 amide bonds. The minimum Gasteiger partial charge on any atom is -0.453 e. The Hall–Kier alpha value is -1.06. The third kappa shape index (κ3) is 4.50. The number of carbonyl (C=O) groups is 2. The van der Waals surface area contributed by atoms with Crippen LogP contribution in [-0.4, -0.2) is 25.0 Å². The van der Waals surface area contributed by atoms with E-state index < -0.39 is 6.09 Å². The van der Waals surface area contributed by atoms with E-state index in [1.807, 2.05) is 6.92 Å². The number of Topliss-reactive ketones (excluding diaryl/α,β-unsaturated/α-hetero) is 1. The van der Waals surface area contributed by atoms with Crippen molar-refractivity contribution < 1.29 is 14.3 Å². The number of nitrogens with one attached hydrogen (secondary N) is 1. The van der Waals surface area contributed by atoms with Crippen LogP contribution in [0.15, 0.2) is 0 Å². The lowest BCUT2D eigenvalue weighted by Gasteiger charge is -2.14. The lowest BCUT2D eigenvalue weighted by atomic mass is 10.1. The van der Waals surface area contributed by atoms with E-state index in [2.05, 4.69) is 10.1 Å². The summed E-state index contributed by atoms with van der Waals surface area (Å²) in [5.74, 6) is 0.0484. The van der Waals surface area contributed by atoms with Gasteiger partial charge in [-0.25, -0.2) is 4.79 Å². The quantitative estimate of drug-likeness (QED) is 0.709. The third-order valence-corrected chi connectivity index (χ3v) is 1.79. The summed E-state index contributed by atoms with van der Waals surface area (Å²) in [4.78, 5) is 22.1. The van der Waals surface area contributed by atoms with Crippen molar-refractivity contribution in [2.45, 2.75) is 39.2 Å². The summed E-state index contributed by atoms with van der Waals surface area (Å²) < 4.78 is 4.42. The van der Waals surface area contributed by atoms with Crippen LogP contribution in [0.3, 0.4) is 0 Å². The number of ketones is 1. The minimum atomic E-state index is -0.541. The summed E-state index contributed by atoms with van der Waals surface area (Å²) in [5.41, 5.74) is 0. The highest BCUT2D eigenvalue weighted by atomic mass is 16.5. The van der Waals surface area contributed by atoms with E-state index in [1.54, 1.807) is 6.92 Å². The summed E-state index contributed by atoms with van der Waals surface area (Å²) in [6.07, 6.45) is 1.43. The number of amides is 1. The van der Waals surface area contributed by atoms with Crippen molar-refractivity contribution >= 4 is 11.9 Å². The van der Waals surface area contributed by atoms with Gasteiger partial charge in [-0.3, -0.25) is 4.79 Å². The fourth-order valence-corrected chi connectivity index (χ4v) is 1.05. The molecule has 0 heterocycles. The maximum Gasteiger partial charge on any atom is 0.407 e. The number of alkyl carbamates (subject to hydrolysis) is 1. The molecule has 1 N–H and O–H groups in total. The molecular weight excluding hydrogens is 170 g/mol. The standard InChI is InChI=1S/C9H17NO3/c1-4-6-7(8(11)5-2)10-9(12)13-3/h7H,4-6H2,1-3H3,(H,10,12)/t7-/m0/s1. The minimum absolute atomic E-state index is 0.0484. The van der Waals surface area contributed by atoms with Crippen LogP contribution in [0.2, 0.25) is 0 Å². The highest BCUT2D eigenvalue weighted by Crippen LogP contribution is 2.01. The molecular formula is C9H17NO3. The second-order valence-corrected chi connectivity index (χ2v) is 2.80. The van der Waals surface area contributed by atoms with Crippen LogP contribution < -0.4 is 5.32 Å². The molecule has 1 atom stereocenters. The summed E-state index contributed by atoms with van der Waals surface area (Å²) in [5, 5.41) is 2.51. The maximum atomic E-state index is 11.3. The van der Waals surface area contributed by atoms with Crippen molar-refractivity contribution in [1.82, 2.24) is 5.32 Å². The van der Waals surface area contributed by atoms with Crippen LogP contribution in [-0.2, 0) is 9.53 Å². The van der Waals surface area contributed by atoms with Gasteiger partial charge in [-0.05, 0) is 6.42 Å². The molecule has 0 aromatic rings. The predicted octanol–water partition coefficient (Wildman–Crippen LogP) is 1.49. The topological polar surface area (TPSA) is 55.4 Å². The summed E-state index contributed by atoms with van der Waals surface area (Å²) in [6, 6.07) is -0.387. The average Bonchev–Trinajstić information content (AvgIpc) is 2.15. The van der Waals surface area contributed by atoms with Crippen LogP contribution in [0.5, 0.6) is 0 Å². The van der Waals surface area contributed by atoms with E-state index in [4.69, 9.17) is 0 Å². The highest BCUT2D eigenvalue weighted by Gasteiger charge is 2.17.